The Morgan fingerprint density at radius 1 is 1.00 bits per heavy atom. The number of aryl methyl sites for hydroxylation is 1. The van der Waals surface area contributed by atoms with E-state index in [9.17, 15) is 18.0 Å². The van der Waals surface area contributed by atoms with E-state index in [1.807, 2.05) is 49.4 Å². The lowest BCUT2D eigenvalue weighted by Crippen LogP contribution is -2.41. The Kier molecular flexibility index (Phi) is 6.36. The molecular formula is C28H26N2O5S. The van der Waals surface area contributed by atoms with Gasteiger partial charge in [-0.2, -0.15) is 0 Å². The number of amides is 1. The number of aromatic nitrogens is 1. The second kappa shape index (κ2) is 9.62. The van der Waals surface area contributed by atoms with Gasteiger partial charge in [0.2, 0.25) is 0 Å². The quantitative estimate of drug-likeness (QED) is 0.346. The smallest absolute Gasteiger partial charge is 0.410 e. The second-order valence-corrected chi connectivity index (χ2v) is 10.7. The van der Waals surface area contributed by atoms with Crippen LogP contribution < -0.4 is 0 Å². The average Bonchev–Trinajstić information content (AvgIpc) is 3.24. The molecule has 4 aromatic rings. The molecule has 0 aliphatic carbocycles. The Balaban J connectivity index is 1.61. The minimum absolute atomic E-state index is 0.0484. The van der Waals surface area contributed by atoms with E-state index in [0.717, 1.165) is 28.4 Å². The lowest BCUT2D eigenvalue weighted by molar-refractivity contribution is -0.109. The van der Waals surface area contributed by atoms with Crippen molar-refractivity contribution in [3.8, 4) is 0 Å². The monoisotopic (exact) mass is 502 g/mol. The summed E-state index contributed by atoms with van der Waals surface area (Å²) in [7, 11) is -4.01. The van der Waals surface area contributed by atoms with Crippen LogP contribution >= 0.6 is 0 Å². The lowest BCUT2D eigenvalue weighted by Gasteiger charge is -2.35. The van der Waals surface area contributed by atoms with E-state index in [-0.39, 0.29) is 17.9 Å². The van der Waals surface area contributed by atoms with Crippen molar-refractivity contribution in [3.63, 3.8) is 0 Å². The summed E-state index contributed by atoms with van der Waals surface area (Å²) in [5, 5.41) is 0.802. The second-order valence-electron chi connectivity index (χ2n) is 8.87. The fraction of sp³-hybridized carbons (Fsp3) is 0.214. The lowest BCUT2D eigenvalue weighted by atomic mass is 9.96. The van der Waals surface area contributed by atoms with Gasteiger partial charge in [-0.1, -0.05) is 66.2 Å². The maximum Gasteiger partial charge on any atom is 0.410 e. The number of rotatable bonds is 6. The van der Waals surface area contributed by atoms with E-state index in [4.69, 9.17) is 4.74 Å². The Bertz CT molecular complexity index is 1530. The molecule has 1 aromatic heterocycles. The molecule has 1 aliphatic rings. The standard InChI is InChI=1S/C28H26N2O5S/c1-20-11-13-22(14-12-20)36(33,34)30-25-10-6-5-9-23(25)24-15-17-29(26(16-18-31)27(24)30)28(32)35-19-21-7-3-2-4-8-21/h2-14,18,26H,15-17,19H2,1H3/t26-/m1/s1. The Morgan fingerprint density at radius 2 is 1.69 bits per heavy atom. The highest BCUT2D eigenvalue weighted by atomic mass is 32.2. The molecule has 1 amide bonds. The molecular weight excluding hydrogens is 476 g/mol. The van der Waals surface area contributed by atoms with Crippen LogP contribution in [0, 0.1) is 6.92 Å². The van der Waals surface area contributed by atoms with Gasteiger partial charge in [0, 0.05) is 18.4 Å². The number of fused-ring (bicyclic) bond motifs is 3. The molecule has 0 unspecified atom stereocenters. The number of nitrogens with zero attached hydrogens (tertiary/aromatic N) is 2. The predicted octanol–water partition coefficient (Wildman–Crippen LogP) is 5.01. The van der Waals surface area contributed by atoms with Gasteiger partial charge in [0.15, 0.2) is 0 Å². The summed E-state index contributed by atoms with van der Waals surface area (Å²) in [5.74, 6) is 0. The highest BCUT2D eigenvalue weighted by molar-refractivity contribution is 7.90. The molecule has 0 saturated carbocycles. The summed E-state index contributed by atoms with van der Waals surface area (Å²) in [5.41, 5.74) is 3.58. The highest BCUT2D eigenvalue weighted by Gasteiger charge is 2.39. The molecule has 0 N–H and O–H groups in total. The third kappa shape index (κ3) is 4.18. The number of para-hydroxylation sites is 1. The zero-order chi connectivity index (χ0) is 25.3. The molecule has 0 bridgehead atoms. The normalized spacial score (nSPS) is 15.5. The van der Waals surface area contributed by atoms with Crippen molar-refractivity contribution in [2.45, 2.75) is 37.3 Å². The van der Waals surface area contributed by atoms with E-state index >= 15 is 0 Å². The Labute approximate surface area is 210 Å². The minimum atomic E-state index is -4.01. The zero-order valence-corrected chi connectivity index (χ0v) is 20.6. The van der Waals surface area contributed by atoms with E-state index < -0.39 is 22.2 Å². The number of benzene rings is 3. The fourth-order valence-electron chi connectivity index (χ4n) is 4.86. The minimum Gasteiger partial charge on any atom is -0.445 e. The predicted molar refractivity (Wildman–Crippen MR) is 136 cm³/mol. The maximum absolute atomic E-state index is 14.0. The number of hydrogen-bond acceptors (Lipinski definition) is 5. The van der Waals surface area contributed by atoms with Crippen LogP contribution in [0.3, 0.4) is 0 Å². The van der Waals surface area contributed by atoms with Gasteiger partial charge in [-0.3, -0.25) is 4.90 Å². The number of hydrogen-bond donors (Lipinski definition) is 0. The van der Waals surface area contributed by atoms with Crippen molar-refractivity contribution < 1.29 is 22.7 Å². The van der Waals surface area contributed by atoms with Gasteiger partial charge >= 0.3 is 6.09 Å². The summed E-state index contributed by atoms with van der Waals surface area (Å²) in [4.78, 5) is 26.6. The number of ether oxygens (including phenoxy) is 1. The molecule has 8 heteroatoms. The van der Waals surface area contributed by atoms with Gasteiger partial charge in [0.25, 0.3) is 10.0 Å². The van der Waals surface area contributed by atoms with Gasteiger partial charge in [-0.05, 0) is 42.7 Å². The first kappa shape index (κ1) is 23.8. The van der Waals surface area contributed by atoms with Crippen LogP contribution in [0.2, 0.25) is 0 Å². The molecule has 0 radical (unpaired) electrons. The third-order valence-corrected chi connectivity index (χ3v) is 8.33. The van der Waals surface area contributed by atoms with Crippen molar-refractivity contribution in [1.82, 2.24) is 8.87 Å². The molecule has 36 heavy (non-hydrogen) atoms. The highest BCUT2D eigenvalue weighted by Crippen LogP contribution is 2.40. The van der Waals surface area contributed by atoms with Crippen molar-refractivity contribution in [2.24, 2.45) is 0 Å². The summed E-state index contributed by atoms with van der Waals surface area (Å²) in [6.07, 6.45) is 0.536. The molecule has 184 valence electrons. The molecule has 1 aliphatic heterocycles. The van der Waals surface area contributed by atoms with Crippen LogP contribution in [0.25, 0.3) is 10.9 Å². The number of carbonyl (C=O) groups is 2. The molecule has 5 rings (SSSR count). The van der Waals surface area contributed by atoms with Crippen molar-refractivity contribution in [3.05, 3.63) is 101 Å². The fourth-order valence-corrected chi connectivity index (χ4v) is 6.46. The Hall–Kier alpha value is -3.91. The van der Waals surface area contributed by atoms with Gasteiger partial charge in [0.1, 0.15) is 12.9 Å². The van der Waals surface area contributed by atoms with E-state index in [1.54, 1.807) is 36.4 Å². The summed E-state index contributed by atoms with van der Waals surface area (Å²) < 4.78 is 34.8. The van der Waals surface area contributed by atoms with Crippen molar-refractivity contribution in [2.75, 3.05) is 6.54 Å². The van der Waals surface area contributed by atoms with Crippen LogP contribution in [-0.2, 0) is 32.6 Å². The van der Waals surface area contributed by atoms with Crippen LogP contribution in [0.4, 0.5) is 4.79 Å². The van der Waals surface area contributed by atoms with Gasteiger partial charge in [-0.25, -0.2) is 17.2 Å². The molecule has 3 aromatic carbocycles. The first-order valence-electron chi connectivity index (χ1n) is 11.8. The molecule has 2 heterocycles. The summed E-state index contributed by atoms with van der Waals surface area (Å²) in [6.45, 7) is 2.29. The van der Waals surface area contributed by atoms with E-state index in [1.165, 1.54) is 8.87 Å². The van der Waals surface area contributed by atoms with Gasteiger partial charge < -0.3 is 9.53 Å². The van der Waals surface area contributed by atoms with Gasteiger partial charge in [0.05, 0.1) is 22.1 Å². The number of carbonyl (C=O) groups excluding carboxylic acids is 2. The van der Waals surface area contributed by atoms with Crippen molar-refractivity contribution in [1.29, 1.82) is 0 Å². The first-order chi connectivity index (χ1) is 17.4. The zero-order valence-electron chi connectivity index (χ0n) is 19.8. The van der Waals surface area contributed by atoms with Gasteiger partial charge in [-0.15, -0.1) is 0 Å². The van der Waals surface area contributed by atoms with Crippen molar-refractivity contribution >= 4 is 33.3 Å². The molecule has 0 saturated heterocycles. The SMILES string of the molecule is Cc1ccc(S(=O)(=O)n2c3c(c4ccccc42)CCN(C(=O)OCc2ccccc2)[C@@H]3CC=O)cc1. The number of aldehydes is 1. The molecule has 1 atom stereocenters. The molecule has 0 fully saturated rings. The largest absolute Gasteiger partial charge is 0.445 e. The van der Waals surface area contributed by atoms with Crippen LogP contribution in [0.15, 0.2) is 83.8 Å². The summed E-state index contributed by atoms with van der Waals surface area (Å²) in [6, 6.07) is 22.5. The van der Waals surface area contributed by atoms with Crippen LogP contribution in [-0.4, -0.2) is 36.2 Å². The maximum atomic E-state index is 14.0. The Morgan fingerprint density at radius 3 is 2.42 bits per heavy atom. The van der Waals surface area contributed by atoms with Crippen LogP contribution in [0.1, 0.15) is 34.8 Å². The third-order valence-electron chi connectivity index (χ3n) is 6.59. The molecule has 0 spiro atoms. The topological polar surface area (TPSA) is 85.7 Å². The van der Waals surface area contributed by atoms with E-state index in [2.05, 4.69) is 0 Å². The molecule has 7 nitrogen and oxygen atoms in total. The summed E-state index contributed by atoms with van der Waals surface area (Å²) >= 11 is 0. The average molecular weight is 503 g/mol. The van der Waals surface area contributed by atoms with Crippen LogP contribution in [0.5, 0.6) is 0 Å². The van der Waals surface area contributed by atoms with E-state index in [0.29, 0.717) is 24.2 Å². The first-order valence-corrected chi connectivity index (χ1v) is 13.2.